The SMILES string of the molecule is NC1CCN(C(=O)c2cnn(-c3ccc(F)cc3)n2)CC1. The van der Waals surface area contributed by atoms with Gasteiger partial charge in [0.2, 0.25) is 0 Å². The van der Waals surface area contributed by atoms with Crippen molar-refractivity contribution in [3.63, 3.8) is 0 Å². The Labute approximate surface area is 121 Å². The molecule has 2 heterocycles. The molecule has 0 saturated carbocycles. The lowest BCUT2D eigenvalue weighted by molar-refractivity contribution is 0.0708. The zero-order chi connectivity index (χ0) is 14.8. The Kier molecular flexibility index (Phi) is 3.66. The molecule has 0 aliphatic carbocycles. The summed E-state index contributed by atoms with van der Waals surface area (Å²) in [4.78, 5) is 15.4. The normalized spacial score (nSPS) is 16.2. The van der Waals surface area contributed by atoms with Crippen LogP contribution in [0.5, 0.6) is 0 Å². The Bertz CT molecular complexity index is 631. The summed E-state index contributed by atoms with van der Waals surface area (Å²) < 4.78 is 12.9. The molecule has 0 bridgehead atoms. The summed E-state index contributed by atoms with van der Waals surface area (Å²) >= 11 is 0. The molecule has 1 aromatic heterocycles. The van der Waals surface area contributed by atoms with E-state index >= 15 is 0 Å². The molecule has 0 radical (unpaired) electrons. The Hall–Kier alpha value is -2.28. The molecule has 0 atom stereocenters. The fourth-order valence-corrected chi connectivity index (χ4v) is 2.32. The fourth-order valence-electron chi connectivity index (χ4n) is 2.32. The second-order valence-electron chi connectivity index (χ2n) is 5.13. The number of amides is 1. The molecule has 110 valence electrons. The monoisotopic (exact) mass is 289 g/mol. The molecule has 0 unspecified atom stereocenters. The third kappa shape index (κ3) is 2.92. The predicted octanol–water partition coefficient (Wildman–Crippen LogP) is 0.970. The molecule has 1 aromatic carbocycles. The van der Waals surface area contributed by atoms with Crippen LogP contribution in [0.2, 0.25) is 0 Å². The van der Waals surface area contributed by atoms with Crippen LogP contribution in [-0.2, 0) is 0 Å². The van der Waals surface area contributed by atoms with E-state index in [0.717, 1.165) is 12.8 Å². The first-order valence-corrected chi connectivity index (χ1v) is 6.86. The van der Waals surface area contributed by atoms with Gasteiger partial charge in [-0.3, -0.25) is 4.79 Å². The number of hydrogen-bond acceptors (Lipinski definition) is 4. The van der Waals surface area contributed by atoms with Gasteiger partial charge >= 0.3 is 0 Å². The maximum atomic E-state index is 12.9. The third-order valence-corrected chi connectivity index (χ3v) is 3.60. The van der Waals surface area contributed by atoms with E-state index in [2.05, 4.69) is 10.2 Å². The van der Waals surface area contributed by atoms with Crippen molar-refractivity contribution in [1.82, 2.24) is 19.9 Å². The van der Waals surface area contributed by atoms with Crippen molar-refractivity contribution < 1.29 is 9.18 Å². The topological polar surface area (TPSA) is 77.0 Å². The van der Waals surface area contributed by atoms with Gasteiger partial charge in [-0.15, -0.1) is 5.10 Å². The summed E-state index contributed by atoms with van der Waals surface area (Å²) in [7, 11) is 0. The molecule has 1 fully saturated rings. The zero-order valence-electron chi connectivity index (χ0n) is 11.4. The number of halogens is 1. The zero-order valence-corrected chi connectivity index (χ0v) is 11.4. The van der Waals surface area contributed by atoms with Crippen LogP contribution in [0.1, 0.15) is 23.3 Å². The van der Waals surface area contributed by atoms with Gasteiger partial charge in [0.25, 0.3) is 5.91 Å². The van der Waals surface area contributed by atoms with Crippen LogP contribution in [0.3, 0.4) is 0 Å². The minimum Gasteiger partial charge on any atom is -0.337 e. The first-order valence-electron chi connectivity index (χ1n) is 6.86. The van der Waals surface area contributed by atoms with Crippen LogP contribution in [0.15, 0.2) is 30.5 Å². The van der Waals surface area contributed by atoms with Crippen LogP contribution in [-0.4, -0.2) is 44.9 Å². The maximum Gasteiger partial charge on any atom is 0.276 e. The molecule has 2 aromatic rings. The molecule has 21 heavy (non-hydrogen) atoms. The fraction of sp³-hybridized carbons (Fsp3) is 0.357. The quantitative estimate of drug-likeness (QED) is 0.893. The van der Waals surface area contributed by atoms with Gasteiger partial charge in [0, 0.05) is 19.1 Å². The van der Waals surface area contributed by atoms with E-state index in [1.165, 1.54) is 23.1 Å². The van der Waals surface area contributed by atoms with E-state index in [0.29, 0.717) is 18.8 Å². The van der Waals surface area contributed by atoms with Crippen molar-refractivity contribution in [1.29, 1.82) is 0 Å². The molecular formula is C14H16FN5O. The Morgan fingerprint density at radius 3 is 2.57 bits per heavy atom. The van der Waals surface area contributed by atoms with Gasteiger partial charge in [-0.25, -0.2) is 4.39 Å². The summed E-state index contributed by atoms with van der Waals surface area (Å²) in [5.74, 6) is -0.470. The van der Waals surface area contributed by atoms with Crippen LogP contribution < -0.4 is 5.73 Å². The van der Waals surface area contributed by atoms with Gasteiger partial charge in [-0.05, 0) is 37.1 Å². The molecule has 6 nitrogen and oxygen atoms in total. The second-order valence-corrected chi connectivity index (χ2v) is 5.13. The summed E-state index contributed by atoms with van der Waals surface area (Å²) in [6.45, 7) is 1.28. The minimum atomic E-state index is -0.327. The lowest BCUT2D eigenvalue weighted by atomic mass is 10.1. The molecule has 1 saturated heterocycles. The standard InChI is InChI=1S/C14H16FN5O/c15-10-1-3-12(4-2-10)20-17-9-13(18-20)14(21)19-7-5-11(16)6-8-19/h1-4,9,11H,5-8,16H2. The lowest BCUT2D eigenvalue weighted by Gasteiger charge is -2.29. The number of hydrogen-bond donors (Lipinski definition) is 1. The Morgan fingerprint density at radius 2 is 1.90 bits per heavy atom. The number of carbonyl (C=O) groups is 1. The third-order valence-electron chi connectivity index (χ3n) is 3.60. The van der Waals surface area contributed by atoms with Gasteiger partial charge < -0.3 is 10.6 Å². The summed E-state index contributed by atoms with van der Waals surface area (Å²) in [6.07, 6.45) is 3.04. The van der Waals surface area contributed by atoms with Gasteiger partial charge in [-0.1, -0.05) is 0 Å². The van der Waals surface area contributed by atoms with Crippen LogP contribution >= 0.6 is 0 Å². The molecule has 2 N–H and O–H groups in total. The molecule has 3 rings (SSSR count). The number of likely N-dealkylation sites (tertiary alicyclic amines) is 1. The molecule has 1 aliphatic heterocycles. The van der Waals surface area contributed by atoms with Crippen LogP contribution in [0, 0.1) is 5.82 Å². The highest BCUT2D eigenvalue weighted by Gasteiger charge is 2.23. The van der Waals surface area contributed by atoms with E-state index < -0.39 is 0 Å². The van der Waals surface area contributed by atoms with Crippen molar-refractivity contribution in [3.05, 3.63) is 42.0 Å². The molecule has 1 aliphatic rings. The highest BCUT2D eigenvalue weighted by Crippen LogP contribution is 2.12. The molecular weight excluding hydrogens is 273 g/mol. The van der Waals surface area contributed by atoms with Crippen molar-refractivity contribution >= 4 is 5.91 Å². The summed E-state index contributed by atoms with van der Waals surface area (Å²) in [5.41, 5.74) is 6.72. The first kappa shape index (κ1) is 13.7. The number of rotatable bonds is 2. The number of nitrogens with zero attached hydrogens (tertiary/aromatic N) is 4. The predicted molar refractivity (Wildman–Crippen MR) is 74.4 cm³/mol. The van der Waals surface area contributed by atoms with Gasteiger partial charge in [0.15, 0.2) is 5.69 Å². The van der Waals surface area contributed by atoms with Crippen molar-refractivity contribution in [2.24, 2.45) is 5.73 Å². The number of carbonyl (C=O) groups excluding carboxylic acids is 1. The largest absolute Gasteiger partial charge is 0.337 e. The van der Waals surface area contributed by atoms with Crippen molar-refractivity contribution in [3.8, 4) is 5.69 Å². The Morgan fingerprint density at radius 1 is 1.24 bits per heavy atom. The summed E-state index contributed by atoms with van der Waals surface area (Å²) in [5, 5.41) is 8.22. The van der Waals surface area contributed by atoms with E-state index in [-0.39, 0.29) is 23.5 Å². The van der Waals surface area contributed by atoms with Gasteiger partial charge in [0.1, 0.15) is 5.82 Å². The highest BCUT2D eigenvalue weighted by molar-refractivity contribution is 5.92. The minimum absolute atomic E-state index is 0.143. The number of benzene rings is 1. The second kappa shape index (κ2) is 5.61. The average molecular weight is 289 g/mol. The number of aromatic nitrogens is 3. The van der Waals surface area contributed by atoms with Crippen LogP contribution in [0.25, 0.3) is 5.69 Å². The van der Waals surface area contributed by atoms with Crippen molar-refractivity contribution in [2.45, 2.75) is 18.9 Å². The van der Waals surface area contributed by atoms with E-state index in [9.17, 15) is 9.18 Å². The average Bonchev–Trinajstić information content (AvgIpc) is 2.98. The highest BCUT2D eigenvalue weighted by atomic mass is 19.1. The number of piperidine rings is 1. The smallest absolute Gasteiger partial charge is 0.276 e. The van der Waals surface area contributed by atoms with Gasteiger partial charge in [0.05, 0.1) is 11.9 Å². The van der Waals surface area contributed by atoms with Crippen LogP contribution in [0.4, 0.5) is 4.39 Å². The van der Waals surface area contributed by atoms with E-state index in [4.69, 9.17) is 5.73 Å². The summed E-state index contributed by atoms with van der Waals surface area (Å²) in [6, 6.07) is 5.94. The Balaban J connectivity index is 1.75. The lowest BCUT2D eigenvalue weighted by Crippen LogP contribution is -2.43. The molecule has 7 heteroatoms. The number of nitrogens with two attached hydrogens (primary N) is 1. The molecule has 0 spiro atoms. The maximum absolute atomic E-state index is 12.9. The van der Waals surface area contributed by atoms with Crippen molar-refractivity contribution in [2.75, 3.05) is 13.1 Å². The molecule has 1 amide bonds. The first-order chi connectivity index (χ1) is 10.1. The van der Waals surface area contributed by atoms with E-state index in [1.54, 1.807) is 17.0 Å². The van der Waals surface area contributed by atoms with Gasteiger partial charge in [-0.2, -0.15) is 9.90 Å². The van der Waals surface area contributed by atoms with E-state index in [1.807, 2.05) is 0 Å².